The van der Waals surface area contributed by atoms with Crippen molar-refractivity contribution in [2.45, 2.75) is 6.04 Å². The predicted molar refractivity (Wildman–Crippen MR) is 66.9 cm³/mol. The van der Waals surface area contributed by atoms with Crippen LogP contribution in [-0.4, -0.2) is 46.9 Å². The summed E-state index contributed by atoms with van der Waals surface area (Å²) < 4.78 is 13.3. The summed E-state index contributed by atoms with van der Waals surface area (Å²) in [6, 6.07) is 2.21. The van der Waals surface area contributed by atoms with Crippen molar-refractivity contribution in [1.29, 1.82) is 0 Å². The van der Waals surface area contributed by atoms with E-state index in [9.17, 15) is 18.8 Å². The molecule has 106 valence electrons. The van der Waals surface area contributed by atoms with Crippen molar-refractivity contribution >= 4 is 29.4 Å². The van der Waals surface area contributed by atoms with Crippen molar-refractivity contribution < 1.29 is 23.9 Å². The van der Waals surface area contributed by atoms with Gasteiger partial charge >= 0.3 is 5.97 Å². The van der Waals surface area contributed by atoms with Crippen molar-refractivity contribution in [2.75, 3.05) is 13.1 Å². The number of aliphatic carboxylic acids is 1. The van der Waals surface area contributed by atoms with Gasteiger partial charge in [0.15, 0.2) is 0 Å². The molecule has 0 radical (unpaired) electrons. The van der Waals surface area contributed by atoms with Gasteiger partial charge in [0.2, 0.25) is 5.91 Å². The Bertz CT molecular complexity index is 593. The molecule has 0 aromatic heterocycles. The molecule has 0 bridgehead atoms. The lowest BCUT2D eigenvalue weighted by Crippen LogP contribution is -2.59. The molecule has 1 heterocycles. The van der Waals surface area contributed by atoms with E-state index >= 15 is 0 Å². The molecule has 2 rings (SSSR count). The summed E-state index contributed by atoms with van der Waals surface area (Å²) in [6.45, 7) is -0.573. The number of carboxylic acid groups (broad SMARTS) is 1. The fourth-order valence-corrected chi connectivity index (χ4v) is 1.99. The van der Waals surface area contributed by atoms with Crippen LogP contribution in [0, 0.1) is 5.82 Å². The zero-order valence-electron chi connectivity index (χ0n) is 10.1. The van der Waals surface area contributed by atoms with Crippen LogP contribution < -0.4 is 5.32 Å². The highest BCUT2D eigenvalue weighted by atomic mass is 35.5. The monoisotopic (exact) mass is 300 g/mol. The molecule has 0 saturated carbocycles. The highest BCUT2D eigenvalue weighted by Crippen LogP contribution is 2.18. The average Bonchev–Trinajstić information content (AvgIpc) is 2.40. The Morgan fingerprint density at radius 1 is 1.45 bits per heavy atom. The molecule has 2 N–H and O–H groups in total. The average molecular weight is 301 g/mol. The van der Waals surface area contributed by atoms with Gasteiger partial charge in [0, 0.05) is 12.1 Å². The minimum atomic E-state index is -1.24. The lowest BCUT2D eigenvalue weighted by Gasteiger charge is -2.32. The fourth-order valence-electron chi connectivity index (χ4n) is 1.87. The maximum absolute atomic E-state index is 13.3. The number of rotatable bonds is 2. The number of carboxylic acids is 1. The van der Waals surface area contributed by atoms with E-state index in [4.69, 9.17) is 16.7 Å². The normalized spacial score (nSPS) is 18.6. The molecule has 2 amide bonds. The molecule has 8 heteroatoms. The zero-order valence-corrected chi connectivity index (χ0v) is 10.9. The lowest BCUT2D eigenvalue weighted by atomic mass is 10.1. The standard InChI is InChI=1S/C12H10ClFN2O4/c13-7-2-1-6(3-8(7)14)11(18)16-5-10(17)15-4-9(16)12(19)20/h1-3,9H,4-5H2,(H,15,17)(H,19,20). The van der Waals surface area contributed by atoms with Gasteiger partial charge in [-0.3, -0.25) is 9.59 Å². The minimum Gasteiger partial charge on any atom is -0.480 e. The van der Waals surface area contributed by atoms with Gasteiger partial charge in [-0.15, -0.1) is 0 Å². The molecule has 1 aliphatic rings. The third-order valence-electron chi connectivity index (χ3n) is 2.90. The van der Waals surface area contributed by atoms with Crippen LogP contribution in [-0.2, 0) is 9.59 Å². The Hall–Kier alpha value is -2.15. The zero-order chi connectivity index (χ0) is 14.9. The molecular weight excluding hydrogens is 291 g/mol. The first-order valence-electron chi connectivity index (χ1n) is 5.65. The van der Waals surface area contributed by atoms with Crippen LogP contribution in [0.5, 0.6) is 0 Å². The van der Waals surface area contributed by atoms with Gasteiger partial charge in [0.1, 0.15) is 18.4 Å². The summed E-state index contributed by atoms with van der Waals surface area (Å²) in [5.74, 6) is -3.23. The van der Waals surface area contributed by atoms with Gasteiger partial charge in [-0.2, -0.15) is 0 Å². The van der Waals surface area contributed by atoms with E-state index in [1.54, 1.807) is 0 Å². The maximum Gasteiger partial charge on any atom is 0.328 e. The number of carbonyl (C=O) groups excluding carboxylic acids is 2. The van der Waals surface area contributed by atoms with Gasteiger partial charge in [0.05, 0.1) is 5.02 Å². The Morgan fingerprint density at radius 2 is 2.15 bits per heavy atom. The van der Waals surface area contributed by atoms with Crippen LogP contribution in [0.1, 0.15) is 10.4 Å². The molecule has 20 heavy (non-hydrogen) atoms. The Kier molecular flexibility index (Phi) is 3.89. The number of piperazine rings is 1. The van der Waals surface area contributed by atoms with Gasteiger partial charge in [-0.05, 0) is 18.2 Å². The van der Waals surface area contributed by atoms with Crippen molar-refractivity contribution in [3.05, 3.63) is 34.6 Å². The highest BCUT2D eigenvalue weighted by Gasteiger charge is 2.35. The Morgan fingerprint density at radius 3 is 2.75 bits per heavy atom. The first kappa shape index (κ1) is 14.3. The van der Waals surface area contributed by atoms with E-state index in [1.807, 2.05) is 0 Å². The molecule has 1 unspecified atom stereocenters. The second kappa shape index (κ2) is 5.46. The van der Waals surface area contributed by atoms with Crippen molar-refractivity contribution in [1.82, 2.24) is 10.2 Å². The number of hydrogen-bond acceptors (Lipinski definition) is 3. The summed E-state index contributed by atoms with van der Waals surface area (Å²) in [7, 11) is 0. The highest BCUT2D eigenvalue weighted by molar-refractivity contribution is 6.30. The summed E-state index contributed by atoms with van der Waals surface area (Å²) >= 11 is 5.52. The number of halogens is 2. The fraction of sp³-hybridized carbons (Fsp3) is 0.250. The van der Waals surface area contributed by atoms with Gasteiger partial charge < -0.3 is 15.3 Å². The van der Waals surface area contributed by atoms with Crippen LogP contribution in [0.4, 0.5) is 4.39 Å². The molecule has 1 aliphatic heterocycles. The summed E-state index contributed by atoms with van der Waals surface area (Å²) in [6.07, 6.45) is 0. The van der Waals surface area contributed by atoms with Crippen molar-refractivity contribution in [3.8, 4) is 0 Å². The van der Waals surface area contributed by atoms with Crippen molar-refractivity contribution in [2.24, 2.45) is 0 Å². The molecule has 1 aromatic rings. The SMILES string of the molecule is O=C1CN(C(=O)c2ccc(Cl)c(F)c2)C(C(=O)O)CN1. The van der Waals surface area contributed by atoms with E-state index < -0.39 is 29.6 Å². The maximum atomic E-state index is 13.3. The second-order valence-electron chi connectivity index (χ2n) is 4.22. The van der Waals surface area contributed by atoms with Crippen molar-refractivity contribution in [3.63, 3.8) is 0 Å². The third-order valence-corrected chi connectivity index (χ3v) is 3.20. The van der Waals surface area contributed by atoms with Crippen LogP contribution in [0.25, 0.3) is 0 Å². The van der Waals surface area contributed by atoms with Crippen LogP contribution in [0.2, 0.25) is 5.02 Å². The quantitative estimate of drug-likeness (QED) is 0.833. The topological polar surface area (TPSA) is 86.7 Å². The molecule has 0 aliphatic carbocycles. The van der Waals surface area contributed by atoms with E-state index in [2.05, 4.69) is 5.32 Å². The molecule has 1 saturated heterocycles. The molecule has 1 fully saturated rings. The summed E-state index contributed by atoms with van der Waals surface area (Å²) in [5.41, 5.74) is -0.0622. The van der Waals surface area contributed by atoms with Gasteiger partial charge in [0.25, 0.3) is 5.91 Å². The van der Waals surface area contributed by atoms with E-state index in [-0.39, 0.29) is 23.7 Å². The van der Waals surface area contributed by atoms with E-state index in [0.717, 1.165) is 11.0 Å². The Labute approximate surface area is 118 Å². The molecule has 1 aromatic carbocycles. The molecule has 1 atom stereocenters. The first-order valence-corrected chi connectivity index (χ1v) is 6.03. The number of nitrogens with zero attached hydrogens (tertiary/aromatic N) is 1. The van der Waals surface area contributed by atoms with E-state index in [0.29, 0.717) is 0 Å². The number of hydrogen-bond donors (Lipinski definition) is 2. The third kappa shape index (κ3) is 2.72. The number of nitrogens with one attached hydrogen (secondary N) is 1. The lowest BCUT2D eigenvalue weighted by molar-refractivity contribution is -0.144. The van der Waals surface area contributed by atoms with Gasteiger partial charge in [-0.25, -0.2) is 9.18 Å². The second-order valence-corrected chi connectivity index (χ2v) is 4.63. The molecular formula is C12H10ClFN2O4. The minimum absolute atomic E-state index is 0.0622. The predicted octanol–water partition coefficient (Wildman–Crippen LogP) is 0.504. The largest absolute Gasteiger partial charge is 0.480 e. The molecule has 6 nitrogen and oxygen atoms in total. The molecule has 0 spiro atoms. The van der Waals surface area contributed by atoms with Gasteiger partial charge in [-0.1, -0.05) is 11.6 Å². The number of carbonyl (C=O) groups is 3. The Balaban J connectivity index is 2.31. The number of amides is 2. The smallest absolute Gasteiger partial charge is 0.328 e. The number of benzene rings is 1. The van der Waals surface area contributed by atoms with Crippen LogP contribution in [0.3, 0.4) is 0 Å². The summed E-state index contributed by atoms with van der Waals surface area (Å²) in [5, 5.41) is 11.3. The first-order chi connectivity index (χ1) is 9.40. The van der Waals surface area contributed by atoms with E-state index in [1.165, 1.54) is 12.1 Å². The summed E-state index contributed by atoms with van der Waals surface area (Å²) in [4.78, 5) is 35.5. The van der Waals surface area contributed by atoms with Crippen LogP contribution in [0.15, 0.2) is 18.2 Å². The van der Waals surface area contributed by atoms with Crippen LogP contribution >= 0.6 is 11.6 Å².